The average molecular weight is 394 g/mol. The molecule has 2 aromatic carbocycles. The van der Waals surface area contributed by atoms with Crippen molar-refractivity contribution in [3.05, 3.63) is 65.5 Å². The molecule has 0 radical (unpaired) electrons. The van der Waals surface area contributed by atoms with Crippen LogP contribution in [0.3, 0.4) is 0 Å². The first-order valence-electron chi connectivity index (χ1n) is 8.15. The number of anilines is 1. The summed E-state index contributed by atoms with van der Waals surface area (Å²) in [5, 5.41) is 9.98. The maximum absolute atomic E-state index is 13.7. The standard InChI is InChI=1S/C18H14F4N4O2/c1-2-15-16(17(27)23-14-9-10(19)3-8-13(14)20)24-25-26(15)11-4-6-12(7-5-11)28-18(21)22/h3-9,18H,2H2,1H3,(H,23,27). The molecule has 0 atom stereocenters. The zero-order valence-corrected chi connectivity index (χ0v) is 14.5. The van der Waals surface area contributed by atoms with Gasteiger partial charge in [-0.25, -0.2) is 13.5 Å². The highest BCUT2D eigenvalue weighted by Gasteiger charge is 2.21. The number of nitrogens with zero attached hydrogens (tertiary/aromatic N) is 3. The van der Waals surface area contributed by atoms with E-state index in [2.05, 4.69) is 20.4 Å². The van der Waals surface area contributed by atoms with Crippen LogP contribution in [0.15, 0.2) is 42.5 Å². The number of carbonyl (C=O) groups is 1. The van der Waals surface area contributed by atoms with Crippen molar-refractivity contribution in [3.8, 4) is 11.4 Å². The summed E-state index contributed by atoms with van der Waals surface area (Å²) in [5.74, 6) is -2.29. The second-order valence-electron chi connectivity index (χ2n) is 5.60. The molecule has 0 unspecified atom stereocenters. The maximum atomic E-state index is 13.7. The Morgan fingerprint density at radius 2 is 1.89 bits per heavy atom. The van der Waals surface area contributed by atoms with Crippen LogP contribution in [0, 0.1) is 11.6 Å². The van der Waals surface area contributed by atoms with Gasteiger partial charge >= 0.3 is 6.61 Å². The van der Waals surface area contributed by atoms with Gasteiger partial charge in [-0.05, 0) is 42.8 Å². The quantitative estimate of drug-likeness (QED) is 0.643. The lowest BCUT2D eigenvalue weighted by molar-refractivity contribution is -0.0498. The normalized spacial score (nSPS) is 10.9. The van der Waals surface area contributed by atoms with Gasteiger partial charge in [0.2, 0.25) is 0 Å². The molecule has 146 valence electrons. The fourth-order valence-corrected chi connectivity index (χ4v) is 2.55. The average Bonchev–Trinajstić information content (AvgIpc) is 3.09. The van der Waals surface area contributed by atoms with Crippen molar-refractivity contribution in [2.75, 3.05) is 5.32 Å². The topological polar surface area (TPSA) is 69.0 Å². The van der Waals surface area contributed by atoms with E-state index in [1.165, 1.54) is 28.9 Å². The van der Waals surface area contributed by atoms with Crippen molar-refractivity contribution in [2.45, 2.75) is 20.0 Å². The number of nitrogens with one attached hydrogen (secondary N) is 1. The Labute approximate surface area is 156 Å². The van der Waals surface area contributed by atoms with Crippen LogP contribution in [0.25, 0.3) is 5.69 Å². The number of carbonyl (C=O) groups excluding carboxylic acids is 1. The van der Waals surface area contributed by atoms with Gasteiger partial charge in [0.25, 0.3) is 5.91 Å². The van der Waals surface area contributed by atoms with Crippen LogP contribution in [-0.2, 0) is 6.42 Å². The van der Waals surface area contributed by atoms with Gasteiger partial charge in [0, 0.05) is 6.07 Å². The first-order chi connectivity index (χ1) is 13.4. The smallest absolute Gasteiger partial charge is 0.387 e. The third kappa shape index (κ3) is 4.11. The summed E-state index contributed by atoms with van der Waals surface area (Å²) in [5.41, 5.74) is 0.466. The number of aromatic nitrogens is 3. The number of alkyl halides is 2. The Hall–Kier alpha value is -3.43. The molecule has 10 heteroatoms. The monoisotopic (exact) mass is 394 g/mol. The molecule has 3 rings (SSSR count). The summed E-state index contributed by atoms with van der Waals surface area (Å²) in [6, 6.07) is 8.27. The highest BCUT2D eigenvalue weighted by Crippen LogP contribution is 2.21. The van der Waals surface area contributed by atoms with E-state index in [4.69, 9.17) is 0 Å². The lowest BCUT2D eigenvalue weighted by Gasteiger charge is -2.09. The molecular weight excluding hydrogens is 380 g/mol. The fraction of sp³-hybridized carbons (Fsp3) is 0.167. The molecule has 0 aliphatic carbocycles. The largest absolute Gasteiger partial charge is 0.435 e. The van der Waals surface area contributed by atoms with E-state index < -0.39 is 24.2 Å². The molecule has 1 N–H and O–H groups in total. The molecule has 1 aromatic heterocycles. The molecule has 0 fully saturated rings. The second-order valence-corrected chi connectivity index (χ2v) is 5.60. The molecule has 0 aliphatic heterocycles. The predicted molar refractivity (Wildman–Crippen MR) is 91.7 cm³/mol. The summed E-state index contributed by atoms with van der Waals surface area (Å²) in [6.45, 7) is -1.19. The summed E-state index contributed by atoms with van der Waals surface area (Å²) in [6.07, 6.45) is 0.344. The van der Waals surface area contributed by atoms with E-state index in [1.54, 1.807) is 6.92 Å². The van der Waals surface area contributed by atoms with Crippen LogP contribution in [0.5, 0.6) is 5.75 Å². The number of hydrogen-bond acceptors (Lipinski definition) is 4. The van der Waals surface area contributed by atoms with E-state index in [1.807, 2.05) is 0 Å². The van der Waals surface area contributed by atoms with Gasteiger partial charge < -0.3 is 10.1 Å². The molecule has 0 saturated carbocycles. The number of ether oxygens (including phenoxy) is 1. The molecule has 0 aliphatic rings. The van der Waals surface area contributed by atoms with Gasteiger partial charge in [-0.1, -0.05) is 12.1 Å². The molecule has 1 heterocycles. The lowest BCUT2D eigenvalue weighted by Crippen LogP contribution is -2.16. The minimum absolute atomic E-state index is 0.0311. The Morgan fingerprint density at radius 3 is 2.54 bits per heavy atom. The molecule has 0 spiro atoms. The van der Waals surface area contributed by atoms with Crippen molar-refractivity contribution in [3.63, 3.8) is 0 Å². The zero-order chi connectivity index (χ0) is 20.3. The van der Waals surface area contributed by atoms with E-state index in [0.29, 0.717) is 17.8 Å². The number of hydrogen-bond donors (Lipinski definition) is 1. The van der Waals surface area contributed by atoms with Gasteiger partial charge in [-0.2, -0.15) is 8.78 Å². The molecule has 0 bridgehead atoms. The van der Waals surface area contributed by atoms with Crippen LogP contribution in [0.1, 0.15) is 23.1 Å². The third-order valence-corrected chi connectivity index (χ3v) is 3.80. The van der Waals surface area contributed by atoms with Gasteiger partial charge in [-0.3, -0.25) is 4.79 Å². The molecule has 3 aromatic rings. The van der Waals surface area contributed by atoms with Crippen molar-refractivity contribution in [2.24, 2.45) is 0 Å². The fourth-order valence-electron chi connectivity index (χ4n) is 2.55. The van der Waals surface area contributed by atoms with Crippen molar-refractivity contribution in [1.82, 2.24) is 15.0 Å². The number of rotatable bonds is 6. The molecule has 0 saturated heterocycles. The van der Waals surface area contributed by atoms with Crippen LogP contribution < -0.4 is 10.1 Å². The van der Waals surface area contributed by atoms with Gasteiger partial charge in [0.05, 0.1) is 17.1 Å². The zero-order valence-electron chi connectivity index (χ0n) is 14.5. The van der Waals surface area contributed by atoms with E-state index in [0.717, 1.165) is 18.2 Å². The first kappa shape index (κ1) is 19.3. The SMILES string of the molecule is CCc1c(C(=O)Nc2cc(F)ccc2F)nnn1-c1ccc(OC(F)F)cc1. The van der Waals surface area contributed by atoms with Gasteiger partial charge in [-0.15, -0.1) is 5.10 Å². The Kier molecular flexibility index (Phi) is 5.57. The van der Waals surface area contributed by atoms with E-state index in [-0.39, 0.29) is 17.1 Å². The highest BCUT2D eigenvalue weighted by molar-refractivity contribution is 6.03. The van der Waals surface area contributed by atoms with Crippen LogP contribution in [0.2, 0.25) is 0 Å². The van der Waals surface area contributed by atoms with E-state index >= 15 is 0 Å². The van der Waals surface area contributed by atoms with E-state index in [9.17, 15) is 22.4 Å². The van der Waals surface area contributed by atoms with Crippen molar-refractivity contribution in [1.29, 1.82) is 0 Å². The molecule has 1 amide bonds. The molecule has 28 heavy (non-hydrogen) atoms. The minimum Gasteiger partial charge on any atom is -0.435 e. The summed E-state index contributed by atoms with van der Waals surface area (Å²) in [4.78, 5) is 12.5. The van der Waals surface area contributed by atoms with Crippen LogP contribution >= 0.6 is 0 Å². The number of benzene rings is 2. The van der Waals surface area contributed by atoms with Gasteiger partial charge in [0.15, 0.2) is 5.69 Å². The van der Waals surface area contributed by atoms with Crippen LogP contribution in [-0.4, -0.2) is 27.5 Å². The Morgan fingerprint density at radius 1 is 1.18 bits per heavy atom. The minimum atomic E-state index is -2.94. The van der Waals surface area contributed by atoms with Crippen molar-refractivity contribution >= 4 is 11.6 Å². The Balaban J connectivity index is 1.87. The predicted octanol–water partition coefficient (Wildman–Crippen LogP) is 3.96. The van der Waals surface area contributed by atoms with Gasteiger partial charge in [0.1, 0.15) is 17.4 Å². The summed E-state index contributed by atoms with van der Waals surface area (Å²) < 4.78 is 57.1. The Bertz CT molecular complexity index is 990. The number of halogens is 4. The lowest BCUT2D eigenvalue weighted by atomic mass is 10.2. The molecule has 6 nitrogen and oxygen atoms in total. The molecular formula is C18H14F4N4O2. The summed E-state index contributed by atoms with van der Waals surface area (Å²) in [7, 11) is 0. The third-order valence-electron chi connectivity index (χ3n) is 3.80. The maximum Gasteiger partial charge on any atom is 0.387 e. The van der Waals surface area contributed by atoms with Crippen molar-refractivity contribution < 1.29 is 27.1 Å². The first-order valence-corrected chi connectivity index (χ1v) is 8.15. The number of amides is 1. The summed E-state index contributed by atoms with van der Waals surface area (Å²) >= 11 is 0. The van der Waals surface area contributed by atoms with Crippen LogP contribution in [0.4, 0.5) is 23.2 Å². The second kappa shape index (κ2) is 8.07. The highest BCUT2D eigenvalue weighted by atomic mass is 19.3.